The molecule has 1 aliphatic carbocycles. The summed E-state index contributed by atoms with van der Waals surface area (Å²) < 4.78 is 16.6. The fourth-order valence-corrected chi connectivity index (χ4v) is 2.94. The lowest BCUT2D eigenvalue weighted by Crippen LogP contribution is -2.37. The number of aliphatic hydroxyl groups excluding tert-OH is 1. The minimum absolute atomic E-state index is 0.138. The molecule has 0 amide bonds. The van der Waals surface area contributed by atoms with Crippen LogP contribution in [-0.4, -0.2) is 36.1 Å². The summed E-state index contributed by atoms with van der Waals surface area (Å²) in [4.78, 5) is 0. The van der Waals surface area contributed by atoms with Gasteiger partial charge in [0.2, 0.25) is 0 Å². The van der Waals surface area contributed by atoms with Crippen LogP contribution in [0, 0.1) is 12.3 Å². The molecule has 4 atom stereocenters. The van der Waals surface area contributed by atoms with Crippen LogP contribution >= 0.6 is 0 Å². The lowest BCUT2D eigenvalue weighted by molar-refractivity contribution is -0.0251. The molecular formula is C16H18O4. The van der Waals surface area contributed by atoms with Crippen molar-refractivity contribution in [1.29, 1.82) is 0 Å². The number of aliphatic hydroxyl groups is 1. The molecule has 1 spiro atoms. The summed E-state index contributed by atoms with van der Waals surface area (Å²) in [6.45, 7) is 0.476. The standard InChI is InChI=1S/C16H18O4/c1-3-14-16(20-14)13(17)8-9-15(16)19-10-11-4-6-12(18-2)7-5-11/h1,4-7,13-15,17H,8-10H2,2H3/t13-,14+,15+,16+/m1/s1. The van der Waals surface area contributed by atoms with Crippen LogP contribution < -0.4 is 4.74 Å². The van der Waals surface area contributed by atoms with Gasteiger partial charge in [0.05, 0.1) is 25.9 Å². The number of rotatable bonds is 4. The van der Waals surface area contributed by atoms with Gasteiger partial charge in [-0.05, 0) is 30.5 Å². The maximum atomic E-state index is 10.0. The normalized spacial score (nSPS) is 35.0. The molecule has 2 fully saturated rings. The highest BCUT2D eigenvalue weighted by Crippen LogP contribution is 2.51. The van der Waals surface area contributed by atoms with E-state index in [1.165, 1.54) is 0 Å². The van der Waals surface area contributed by atoms with E-state index in [-0.39, 0.29) is 12.2 Å². The molecule has 0 bridgehead atoms. The molecule has 1 aromatic rings. The number of terminal acetylenes is 1. The topological polar surface area (TPSA) is 51.2 Å². The molecule has 20 heavy (non-hydrogen) atoms. The third-order valence-corrected chi connectivity index (χ3v) is 4.16. The molecule has 1 saturated heterocycles. The molecule has 106 valence electrons. The summed E-state index contributed by atoms with van der Waals surface area (Å²) in [5, 5.41) is 10.0. The molecule has 2 aliphatic rings. The SMILES string of the molecule is C#C[C@@H]1O[C@@]12[C@H](O)CC[C@@H]2OCc1ccc(OC)cc1. The lowest BCUT2D eigenvalue weighted by atomic mass is 9.99. The fourth-order valence-electron chi connectivity index (χ4n) is 2.94. The summed E-state index contributed by atoms with van der Waals surface area (Å²) in [6.07, 6.45) is 5.86. The Morgan fingerprint density at radius 2 is 2.15 bits per heavy atom. The van der Waals surface area contributed by atoms with Gasteiger partial charge in [0.1, 0.15) is 5.75 Å². The van der Waals surface area contributed by atoms with Gasteiger partial charge in [-0.25, -0.2) is 0 Å². The van der Waals surface area contributed by atoms with Crippen molar-refractivity contribution in [2.45, 2.75) is 43.4 Å². The van der Waals surface area contributed by atoms with Crippen molar-refractivity contribution >= 4 is 0 Å². The second kappa shape index (κ2) is 5.10. The Morgan fingerprint density at radius 3 is 2.75 bits per heavy atom. The highest BCUT2D eigenvalue weighted by molar-refractivity contribution is 5.28. The molecule has 0 unspecified atom stereocenters. The largest absolute Gasteiger partial charge is 0.497 e. The molecule has 1 aliphatic heterocycles. The Morgan fingerprint density at radius 1 is 1.40 bits per heavy atom. The fraction of sp³-hybridized carbons (Fsp3) is 0.500. The zero-order valence-electron chi connectivity index (χ0n) is 11.4. The first-order valence-electron chi connectivity index (χ1n) is 6.77. The van der Waals surface area contributed by atoms with Gasteiger partial charge in [0.25, 0.3) is 0 Å². The lowest BCUT2D eigenvalue weighted by Gasteiger charge is -2.19. The van der Waals surface area contributed by atoms with E-state index in [4.69, 9.17) is 20.6 Å². The molecular weight excluding hydrogens is 256 g/mol. The summed E-state index contributed by atoms with van der Waals surface area (Å²) in [6, 6.07) is 7.72. The maximum absolute atomic E-state index is 10.0. The van der Waals surface area contributed by atoms with Crippen molar-refractivity contribution in [3.05, 3.63) is 29.8 Å². The van der Waals surface area contributed by atoms with Crippen LogP contribution in [0.5, 0.6) is 5.75 Å². The number of ether oxygens (including phenoxy) is 3. The predicted octanol–water partition coefficient (Wildman–Crippen LogP) is 1.51. The summed E-state index contributed by atoms with van der Waals surface area (Å²) in [5.74, 6) is 3.39. The van der Waals surface area contributed by atoms with Gasteiger partial charge >= 0.3 is 0 Å². The minimum Gasteiger partial charge on any atom is -0.497 e. The highest BCUT2D eigenvalue weighted by Gasteiger charge is 2.69. The van der Waals surface area contributed by atoms with Crippen molar-refractivity contribution in [2.24, 2.45) is 0 Å². The van der Waals surface area contributed by atoms with Crippen molar-refractivity contribution in [2.75, 3.05) is 7.11 Å². The molecule has 4 heteroatoms. The first-order valence-corrected chi connectivity index (χ1v) is 6.77. The molecule has 1 saturated carbocycles. The molecule has 1 aromatic carbocycles. The summed E-state index contributed by atoms with van der Waals surface area (Å²) in [5.41, 5.74) is 0.390. The Hall–Kier alpha value is -1.54. The van der Waals surface area contributed by atoms with Crippen molar-refractivity contribution in [3.63, 3.8) is 0 Å². The van der Waals surface area contributed by atoms with Crippen molar-refractivity contribution < 1.29 is 19.3 Å². The van der Waals surface area contributed by atoms with Crippen molar-refractivity contribution in [3.8, 4) is 18.1 Å². The van der Waals surface area contributed by atoms with E-state index in [1.807, 2.05) is 24.3 Å². The van der Waals surface area contributed by atoms with Gasteiger partial charge in [-0.1, -0.05) is 18.1 Å². The Labute approximate surface area is 118 Å². The van der Waals surface area contributed by atoms with Gasteiger partial charge in [0.15, 0.2) is 11.7 Å². The van der Waals surface area contributed by atoms with E-state index in [0.29, 0.717) is 13.0 Å². The van der Waals surface area contributed by atoms with E-state index in [9.17, 15) is 5.11 Å². The van der Waals surface area contributed by atoms with Crippen LogP contribution in [-0.2, 0) is 16.1 Å². The summed E-state index contributed by atoms with van der Waals surface area (Å²) in [7, 11) is 1.64. The van der Waals surface area contributed by atoms with Gasteiger partial charge in [0, 0.05) is 0 Å². The Kier molecular flexibility index (Phi) is 3.43. The number of hydrogen-bond donors (Lipinski definition) is 1. The molecule has 1 heterocycles. The van der Waals surface area contributed by atoms with Crippen LogP contribution in [0.1, 0.15) is 18.4 Å². The average molecular weight is 274 g/mol. The van der Waals surface area contributed by atoms with Crippen LogP contribution in [0.15, 0.2) is 24.3 Å². The van der Waals surface area contributed by atoms with Gasteiger partial charge in [-0.3, -0.25) is 0 Å². The number of hydrogen-bond acceptors (Lipinski definition) is 4. The average Bonchev–Trinajstić information content (AvgIpc) is 3.15. The van der Waals surface area contributed by atoms with Crippen LogP contribution in [0.3, 0.4) is 0 Å². The van der Waals surface area contributed by atoms with Crippen LogP contribution in [0.25, 0.3) is 0 Å². The second-order valence-electron chi connectivity index (χ2n) is 5.26. The number of epoxide rings is 1. The molecule has 3 rings (SSSR count). The number of benzene rings is 1. The van der Waals surface area contributed by atoms with E-state index < -0.39 is 11.7 Å². The van der Waals surface area contributed by atoms with E-state index >= 15 is 0 Å². The third-order valence-electron chi connectivity index (χ3n) is 4.16. The maximum Gasteiger partial charge on any atom is 0.159 e. The summed E-state index contributed by atoms with van der Waals surface area (Å²) >= 11 is 0. The highest BCUT2D eigenvalue weighted by atomic mass is 16.7. The molecule has 0 radical (unpaired) electrons. The smallest absolute Gasteiger partial charge is 0.159 e. The van der Waals surface area contributed by atoms with Crippen LogP contribution in [0.2, 0.25) is 0 Å². The minimum atomic E-state index is -0.665. The first kappa shape index (κ1) is 13.4. The zero-order chi connectivity index (χ0) is 14.2. The Balaban J connectivity index is 1.62. The molecule has 0 aromatic heterocycles. The second-order valence-corrected chi connectivity index (χ2v) is 5.26. The van der Waals surface area contributed by atoms with Crippen molar-refractivity contribution in [1.82, 2.24) is 0 Å². The van der Waals surface area contributed by atoms with Gasteiger partial charge < -0.3 is 19.3 Å². The van der Waals surface area contributed by atoms with E-state index in [2.05, 4.69) is 5.92 Å². The monoisotopic (exact) mass is 274 g/mol. The van der Waals surface area contributed by atoms with E-state index in [1.54, 1.807) is 7.11 Å². The Bertz CT molecular complexity index is 518. The van der Waals surface area contributed by atoms with Gasteiger partial charge in [-0.2, -0.15) is 0 Å². The third kappa shape index (κ3) is 2.08. The number of methoxy groups -OCH3 is 1. The van der Waals surface area contributed by atoms with E-state index in [0.717, 1.165) is 17.7 Å². The molecule has 4 nitrogen and oxygen atoms in total. The zero-order valence-corrected chi connectivity index (χ0v) is 11.4. The molecule has 1 N–H and O–H groups in total. The first-order chi connectivity index (χ1) is 9.70. The van der Waals surface area contributed by atoms with Crippen LogP contribution in [0.4, 0.5) is 0 Å². The van der Waals surface area contributed by atoms with Gasteiger partial charge in [-0.15, -0.1) is 6.42 Å². The predicted molar refractivity (Wildman–Crippen MR) is 73.2 cm³/mol. The quantitative estimate of drug-likeness (QED) is 0.668.